The summed E-state index contributed by atoms with van der Waals surface area (Å²) >= 11 is 6.45. The molecule has 9 nitrogen and oxygen atoms in total. The summed E-state index contributed by atoms with van der Waals surface area (Å²) in [5.41, 5.74) is 6.56. The van der Waals surface area contributed by atoms with E-state index in [1.165, 1.54) is 11.6 Å². The Morgan fingerprint density at radius 2 is 1.76 bits per heavy atom. The van der Waals surface area contributed by atoms with Crippen molar-refractivity contribution in [3.8, 4) is 6.01 Å². The highest BCUT2D eigenvalue weighted by Crippen LogP contribution is 2.27. The van der Waals surface area contributed by atoms with E-state index >= 15 is 0 Å². The quantitative estimate of drug-likeness (QED) is 0.374. The maximum absolute atomic E-state index is 13.8. The molecule has 37 heavy (non-hydrogen) atoms. The second-order valence-corrected chi connectivity index (χ2v) is 9.78. The van der Waals surface area contributed by atoms with Gasteiger partial charge in [-0.05, 0) is 30.9 Å². The standard InChI is InChI=1S/C27H28ClN5O4/c1-31-24-23(25(35)33(27(31)36)16-21(34)17-9-3-2-4-10-17)32(15-18-11-5-6-12-19(18)28)26(30-24)37-22-14-8-7-13-20(22)29/h2-6,9-12,20,22H,7-8,13-16,29H2,1H3/t20-,22-/m1/s1. The Balaban J connectivity index is 1.66. The molecule has 1 fully saturated rings. The van der Waals surface area contributed by atoms with Gasteiger partial charge in [-0.1, -0.05) is 66.6 Å². The van der Waals surface area contributed by atoms with Crippen LogP contribution in [-0.2, 0) is 20.1 Å². The van der Waals surface area contributed by atoms with Gasteiger partial charge in [0, 0.05) is 23.7 Å². The number of benzene rings is 2. The van der Waals surface area contributed by atoms with E-state index in [0.717, 1.165) is 35.8 Å². The van der Waals surface area contributed by atoms with E-state index in [4.69, 9.17) is 22.1 Å². The Labute approximate surface area is 218 Å². The molecule has 2 aromatic carbocycles. The summed E-state index contributed by atoms with van der Waals surface area (Å²) < 4.78 is 10.1. The fraction of sp³-hybridized carbons (Fsp3) is 0.333. The number of Topliss-reactive ketones (excluding diaryl/α,β-unsaturated/α-hetero) is 1. The lowest BCUT2D eigenvalue weighted by atomic mass is 9.93. The van der Waals surface area contributed by atoms with Crippen LogP contribution in [0.15, 0.2) is 64.2 Å². The molecular weight excluding hydrogens is 494 g/mol. The van der Waals surface area contributed by atoms with Crippen molar-refractivity contribution in [3.05, 3.63) is 91.6 Å². The number of hydrogen-bond acceptors (Lipinski definition) is 6. The summed E-state index contributed by atoms with van der Waals surface area (Å²) in [6.07, 6.45) is 3.35. The molecule has 0 spiro atoms. The molecule has 0 amide bonds. The first kappa shape index (κ1) is 25.0. The lowest BCUT2D eigenvalue weighted by molar-refractivity contribution is 0.0969. The van der Waals surface area contributed by atoms with Gasteiger partial charge in [0.05, 0.1) is 13.1 Å². The van der Waals surface area contributed by atoms with Crippen LogP contribution in [0, 0.1) is 0 Å². The van der Waals surface area contributed by atoms with E-state index < -0.39 is 17.8 Å². The molecule has 4 aromatic rings. The Morgan fingerprint density at radius 1 is 1.05 bits per heavy atom. The van der Waals surface area contributed by atoms with Gasteiger partial charge in [0.25, 0.3) is 11.6 Å². The Hall–Kier alpha value is -3.69. The molecule has 0 radical (unpaired) electrons. The van der Waals surface area contributed by atoms with E-state index in [9.17, 15) is 14.4 Å². The molecule has 2 N–H and O–H groups in total. The van der Waals surface area contributed by atoms with Crippen molar-refractivity contribution < 1.29 is 9.53 Å². The number of fused-ring (bicyclic) bond motifs is 1. The summed E-state index contributed by atoms with van der Waals surface area (Å²) in [5, 5.41) is 0.522. The summed E-state index contributed by atoms with van der Waals surface area (Å²) in [5.74, 6) is -0.346. The highest BCUT2D eigenvalue weighted by Gasteiger charge is 2.28. The zero-order chi connectivity index (χ0) is 26.1. The van der Waals surface area contributed by atoms with Crippen LogP contribution in [0.25, 0.3) is 11.2 Å². The normalized spacial score (nSPS) is 17.7. The summed E-state index contributed by atoms with van der Waals surface area (Å²) in [4.78, 5) is 44.4. The number of nitrogens with two attached hydrogens (primary N) is 1. The number of carbonyl (C=O) groups excluding carboxylic acids is 1. The van der Waals surface area contributed by atoms with Gasteiger partial charge in [-0.15, -0.1) is 0 Å². The van der Waals surface area contributed by atoms with Gasteiger partial charge in [-0.25, -0.2) is 4.79 Å². The molecule has 10 heteroatoms. The Kier molecular flexibility index (Phi) is 6.99. The average Bonchev–Trinajstić information content (AvgIpc) is 3.26. The summed E-state index contributed by atoms with van der Waals surface area (Å²) in [6, 6.07) is 15.9. The number of aromatic nitrogens is 4. The minimum Gasteiger partial charge on any atom is -0.460 e. The summed E-state index contributed by atoms with van der Waals surface area (Å²) in [6.45, 7) is -0.208. The van der Waals surface area contributed by atoms with Crippen LogP contribution in [0.3, 0.4) is 0 Å². The molecule has 192 valence electrons. The third-order valence-corrected chi connectivity index (χ3v) is 7.26. The predicted molar refractivity (Wildman–Crippen MR) is 141 cm³/mol. The van der Waals surface area contributed by atoms with Crippen LogP contribution in [0.5, 0.6) is 6.01 Å². The molecule has 0 aliphatic heterocycles. The number of hydrogen-bond donors (Lipinski definition) is 1. The largest absolute Gasteiger partial charge is 0.460 e. The number of ketones is 1. The predicted octanol–water partition coefficient (Wildman–Crippen LogP) is 3.13. The molecule has 2 aromatic heterocycles. The molecule has 1 saturated carbocycles. The molecule has 2 atom stereocenters. The number of nitrogens with zero attached hydrogens (tertiary/aromatic N) is 4. The van der Waals surface area contributed by atoms with E-state index in [1.807, 2.05) is 18.2 Å². The number of aryl methyl sites for hydroxylation is 1. The van der Waals surface area contributed by atoms with Crippen molar-refractivity contribution >= 4 is 28.5 Å². The molecule has 0 bridgehead atoms. The van der Waals surface area contributed by atoms with Gasteiger partial charge in [-0.3, -0.25) is 23.3 Å². The van der Waals surface area contributed by atoms with Gasteiger partial charge in [0.1, 0.15) is 6.10 Å². The van der Waals surface area contributed by atoms with Crippen LogP contribution >= 0.6 is 11.6 Å². The van der Waals surface area contributed by atoms with Crippen molar-refractivity contribution in [3.63, 3.8) is 0 Å². The van der Waals surface area contributed by atoms with E-state index in [2.05, 4.69) is 4.98 Å². The van der Waals surface area contributed by atoms with E-state index in [1.54, 1.807) is 41.0 Å². The fourth-order valence-electron chi connectivity index (χ4n) is 4.79. The third kappa shape index (κ3) is 4.84. The maximum Gasteiger partial charge on any atom is 0.332 e. The van der Waals surface area contributed by atoms with Gasteiger partial charge < -0.3 is 10.5 Å². The number of halogens is 1. The second-order valence-electron chi connectivity index (χ2n) is 9.37. The van der Waals surface area contributed by atoms with Crippen molar-refractivity contribution in [2.75, 3.05) is 0 Å². The van der Waals surface area contributed by atoms with E-state index in [-0.39, 0.29) is 41.6 Å². The van der Waals surface area contributed by atoms with Crippen molar-refractivity contribution in [2.45, 2.75) is 50.9 Å². The average molecular weight is 522 g/mol. The monoisotopic (exact) mass is 521 g/mol. The molecule has 1 aliphatic carbocycles. The Morgan fingerprint density at radius 3 is 2.49 bits per heavy atom. The van der Waals surface area contributed by atoms with Crippen molar-refractivity contribution in [2.24, 2.45) is 12.8 Å². The van der Waals surface area contributed by atoms with E-state index in [0.29, 0.717) is 10.6 Å². The zero-order valence-electron chi connectivity index (χ0n) is 20.5. The van der Waals surface area contributed by atoms with Gasteiger partial charge >= 0.3 is 5.69 Å². The molecule has 5 rings (SSSR count). The lowest BCUT2D eigenvalue weighted by Crippen LogP contribution is -2.42. The number of rotatable bonds is 7. The minimum atomic E-state index is -0.634. The Bertz CT molecular complexity index is 1570. The van der Waals surface area contributed by atoms with Crippen LogP contribution in [-0.4, -0.2) is 36.6 Å². The highest BCUT2D eigenvalue weighted by atomic mass is 35.5. The topological polar surface area (TPSA) is 114 Å². The lowest BCUT2D eigenvalue weighted by Gasteiger charge is -2.28. The molecule has 0 saturated heterocycles. The van der Waals surface area contributed by atoms with Gasteiger partial charge in [-0.2, -0.15) is 4.98 Å². The molecule has 1 aliphatic rings. The minimum absolute atomic E-state index is 0.155. The van der Waals surface area contributed by atoms with Crippen LogP contribution in [0.4, 0.5) is 0 Å². The van der Waals surface area contributed by atoms with Gasteiger partial charge in [0.15, 0.2) is 16.9 Å². The SMILES string of the molecule is Cn1c(=O)n(CC(=O)c2ccccc2)c(=O)c2c1nc(O[C@@H]1CCCC[C@H]1N)n2Cc1ccccc1Cl. The molecular formula is C27H28ClN5O4. The van der Waals surface area contributed by atoms with Crippen molar-refractivity contribution in [1.29, 1.82) is 0 Å². The smallest absolute Gasteiger partial charge is 0.332 e. The van der Waals surface area contributed by atoms with Crippen LogP contribution < -0.4 is 21.7 Å². The zero-order valence-corrected chi connectivity index (χ0v) is 21.2. The second kappa shape index (κ2) is 10.4. The fourth-order valence-corrected chi connectivity index (χ4v) is 4.99. The van der Waals surface area contributed by atoms with Crippen LogP contribution in [0.2, 0.25) is 5.02 Å². The molecule has 0 unspecified atom stereocenters. The first-order valence-electron chi connectivity index (χ1n) is 12.3. The van der Waals surface area contributed by atoms with Crippen molar-refractivity contribution in [1.82, 2.24) is 18.7 Å². The highest BCUT2D eigenvalue weighted by molar-refractivity contribution is 6.31. The molecule has 2 heterocycles. The van der Waals surface area contributed by atoms with Crippen LogP contribution in [0.1, 0.15) is 41.6 Å². The third-order valence-electron chi connectivity index (χ3n) is 6.89. The number of ether oxygens (including phenoxy) is 1. The summed E-state index contributed by atoms with van der Waals surface area (Å²) in [7, 11) is 1.52. The van der Waals surface area contributed by atoms with Gasteiger partial charge in [0.2, 0.25) is 0 Å². The number of imidazole rings is 1. The maximum atomic E-state index is 13.8. The number of carbonyl (C=O) groups is 1. The first-order valence-corrected chi connectivity index (χ1v) is 12.7. The first-order chi connectivity index (χ1) is 17.8.